The Bertz CT molecular complexity index is 551. The number of hydrogen-bond donors (Lipinski definition) is 1. The van der Waals surface area contributed by atoms with E-state index in [-0.39, 0.29) is 0 Å². The van der Waals surface area contributed by atoms with Gasteiger partial charge in [-0.3, -0.25) is 0 Å². The lowest BCUT2D eigenvalue weighted by atomic mass is 10.1. The average Bonchev–Trinajstić information content (AvgIpc) is 2.85. The third kappa shape index (κ3) is 2.87. The van der Waals surface area contributed by atoms with Crippen LogP contribution in [0, 0.1) is 6.92 Å². The van der Waals surface area contributed by atoms with Crippen molar-refractivity contribution in [3.05, 3.63) is 40.9 Å². The topological polar surface area (TPSA) is 51.2 Å². The van der Waals surface area contributed by atoms with E-state index in [1.807, 2.05) is 23.6 Å². The number of nitrogens with one attached hydrogen (secondary N) is 1. The number of nitrogens with zero attached hydrogens (tertiary/aromatic N) is 1. The second kappa shape index (κ2) is 5.64. The van der Waals surface area contributed by atoms with Gasteiger partial charge in [0.25, 0.3) is 0 Å². The zero-order valence-corrected chi connectivity index (χ0v) is 11.1. The van der Waals surface area contributed by atoms with Gasteiger partial charge in [-0.15, -0.1) is 11.3 Å². The molecule has 0 saturated heterocycles. The van der Waals surface area contributed by atoms with Crippen LogP contribution in [0.5, 0.6) is 0 Å². The Labute approximate surface area is 110 Å². The highest BCUT2D eigenvalue weighted by atomic mass is 32.1. The third-order valence-electron chi connectivity index (χ3n) is 2.53. The first-order valence-corrected chi connectivity index (χ1v) is 6.41. The molecule has 0 spiro atoms. The molecule has 0 aliphatic rings. The van der Waals surface area contributed by atoms with Crippen LogP contribution in [0.15, 0.2) is 29.6 Å². The molecule has 1 aromatic carbocycles. The number of alkyl carbamates (subject to hydrolysis) is 1. The van der Waals surface area contributed by atoms with Crippen LogP contribution >= 0.6 is 11.3 Å². The molecule has 0 aliphatic heterocycles. The van der Waals surface area contributed by atoms with Gasteiger partial charge in [0.15, 0.2) is 0 Å². The molecule has 0 saturated carbocycles. The normalized spacial score (nSPS) is 10.1. The van der Waals surface area contributed by atoms with Crippen molar-refractivity contribution in [3.8, 4) is 10.6 Å². The monoisotopic (exact) mass is 262 g/mol. The maximum absolute atomic E-state index is 11.0. The van der Waals surface area contributed by atoms with Gasteiger partial charge in [0.2, 0.25) is 0 Å². The molecular formula is C13H14N2O2S. The van der Waals surface area contributed by atoms with Crippen LogP contribution in [0.1, 0.15) is 11.3 Å². The van der Waals surface area contributed by atoms with Crippen molar-refractivity contribution < 1.29 is 9.53 Å². The Morgan fingerprint density at radius 3 is 2.94 bits per heavy atom. The van der Waals surface area contributed by atoms with Gasteiger partial charge in [-0.2, -0.15) is 0 Å². The molecule has 94 valence electrons. The molecule has 1 heterocycles. The van der Waals surface area contributed by atoms with E-state index in [2.05, 4.69) is 28.0 Å². The highest BCUT2D eigenvalue weighted by Gasteiger charge is 2.07. The molecule has 0 fully saturated rings. The van der Waals surface area contributed by atoms with Gasteiger partial charge in [0.1, 0.15) is 5.01 Å². The first-order chi connectivity index (χ1) is 8.70. The van der Waals surface area contributed by atoms with Gasteiger partial charge in [0.05, 0.1) is 19.3 Å². The van der Waals surface area contributed by atoms with Gasteiger partial charge < -0.3 is 10.1 Å². The van der Waals surface area contributed by atoms with E-state index in [9.17, 15) is 4.79 Å². The second-order valence-electron chi connectivity index (χ2n) is 3.80. The van der Waals surface area contributed by atoms with E-state index < -0.39 is 6.09 Å². The molecule has 0 unspecified atom stereocenters. The van der Waals surface area contributed by atoms with Gasteiger partial charge in [-0.25, -0.2) is 9.78 Å². The maximum atomic E-state index is 11.0. The molecule has 2 aromatic rings. The third-order valence-corrected chi connectivity index (χ3v) is 3.45. The predicted octanol–water partition coefficient (Wildman–Crippen LogP) is 2.97. The molecular weight excluding hydrogens is 248 g/mol. The molecule has 4 nitrogen and oxygen atoms in total. The van der Waals surface area contributed by atoms with Crippen LogP contribution in [0.25, 0.3) is 10.6 Å². The lowest BCUT2D eigenvalue weighted by molar-refractivity contribution is 0.170. The molecule has 0 aliphatic carbocycles. The number of ether oxygens (including phenoxy) is 1. The van der Waals surface area contributed by atoms with Crippen LogP contribution < -0.4 is 5.32 Å². The summed E-state index contributed by atoms with van der Waals surface area (Å²) in [5.41, 5.74) is 3.16. The Hall–Kier alpha value is -1.88. The quantitative estimate of drug-likeness (QED) is 0.925. The number of rotatable bonds is 3. The average molecular weight is 262 g/mol. The van der Waals surface area contributed by atoms with Crippen LogP contribution in [0.4, 0.5) is 4.79 Å². The highest BCUT2D eigenvalue weighted by Crippen LogP contribution is 2.26. The summed E-state index contributed by atoms with van der Waals surface area (Å²) < 4.78 is 4.51. The molecule has 0 bridgehead atoms. The van der Waals surface area contributed by atoms with E-state index in [4.69, 9.17) is 0 Å². The second-order valence-corrected chi connectivity index (χ2v) is 4.66. The van der Waals surface area contributed by atoms with Crippen LogP contribution in [0.2, 0.25) is 0 Å². The molecule has 1 amide bonds. The minimum atomic E-state index is -0.444. The van der Waals surface area contributed by atoms with Crippen molar-refractivity contribution in [3.63, 3.8) is 0 Å². The summed E-state index contributed by atoms with van der Waals surface area (Å²) in [4.78, 5) is 15.5. The molecule has 5 heteroatoms. The minimum absolute atomic E-state index is 0.384. The van der Waals surface area contributed by atoms with Crippen molar-refractivity contribution in [1.29, 1.82) is 0 Å². The Kier molecular flexibility index (Phi) is 3.94. The highest BCUT2D eigenvalue weighted by molar-refractivity contribution is 7.13. The Morgan fingerprint density at radius 2 is 2.22 bits per heavy atom. The standard InChI is InChI=1S/C13H14N2O2S/c1-9-5-3-4-6-11(9)12-15-10(8-18-12)7-14-13(16)17-2/h3-6,8H,7H2,1-2H3,(H,14,16). The largest absolute Gasteiger partial charge is 0.453 e. The van der Waals surface area contributed by atoms with Gasteiger partial charge >= 0.3 is 6.09 Å². The van der Waals surface area contributed by atoms with Crippen molar-refractivity contribution in [2.24, 2.45) is 0 Å². The van der Waals surface area contributed by atoms with Crippen molar-refractivity contribution in [2.75, 3.05) is 7.11 Å². The summed E-state index contributed by atoms with van der Waals surface area (Å²) in [7, 11) is 1.34. The van der Waals surface area contributed by atoms with Crippen molar-refractivity contribution in [2.45, 2.75) is 13.5 Å². The zero-order valence-electron chi connectivity index (χ0n) is 10.3. The fraction of sp³-hybridized carbons (Fsp3) is 0.231. The number of aromatic nitrogens is 1. The Morgan fingerprint density at radius 1 is 1.44 bits per heavy atom. The number of carbonyl (C=O) groups is 1. The SMILES string of the molecule is COC(=O)NCc1csc(-c2ccccc2C)n1. The molecule has 1 N–H and O–H groups in total. The molecule has 1 aromatic heterocycles. The number of carbonyl (C=O) groups excluding carboxylic acids is 1. The van der Waals surface area contributed by atoms with Crippen LogP contribution in [-0.4, -0.2) is 18.2 Å². The lowest BCUT2D eigenvalue weighted by Crippen LogP contribution is -2.22. The van der Waals surface area contributed by atoms with E-state index in [1.54, 1.807) is 11.3 Å². The number of methoxy groups -OCH3 is 1. The number of thiazole rings is 1. The molecule has 0 radical (unpaired) electrons. The van der Waals surface area contributed by atoms with E-state index in [1.165, 1.54) is 12.7 Å². The van der Waals surface area contributed by atoms with E-state index in [0.29, 0.717) is 6.54 Å². The van der Waals surface area contributed by atoms with Gasteiger partial charge in [-0.05, 0) is 12.5 Å². The van der Waals surface area contributed by atoms with Crippen molar-refractivity contribution in [1.82, 2.24) is 10.3 Å². The summed E-state index contributed by atoms with van der Waals surface area (Å²) in [5.74, 6) is 0. The summed E-state index contributed by atoms with van der Waals surface area (Å²) in [6.07, 6.45) is -0.444. The first-order valence-electron chi connectivity index (χ1n) is 5.53. The summed E-state index contributed by atoms with van der Waals surface area (Å²) in [6.45, 7) is 2.44. The van der Waals surface area contributed by atoms with Crippen LogP contribution in [0.3, 0.4) is 0 Å². The fourth-order valence-electron chi connectivity index (χ4n) is 1.56. The predicted molar refractivity (Wildman–Crippen MR) is 71.5 cm³/mol. The zero-order chi connectivity index (χ0) is 13.0. The van der Waals surface area contributed by atoms with Gasteiger partial charge in [-0.1, -0.05) is 24.3 Å². The lowest BCUT2D eigenvalue weighted by Gasteiger charge is -2.01. The first kappa shape index (κ1) is 12.6. The van der Waals surface area contributed by atoms with Crippen LogP contribution in [-0.2, 0) is 11.3 Å². The fourth-order valence-corrected chi connectivity index (χ4v) is 2.47. The number of amides is 1. The minimum Gasteiger partial charge on any atom is -0.453 e. The van der Waals surface area contributed by atoms with E-state index >= 15 is 0 Å². The molecule has 0 atom stereocenters. The smallest absolute Gasteiger partial charge is 0.407 e. The number of aryl methyl sites for hydroxylation is 1. The Balaban J connectivity index is 2.11. The molecule has 2 rings (SSSR count). The van der Waals surface area contributed by atoms with E-state index in [0.717, 1.165) is 16.3 Å². The number of benzene rings is 1. The van der Waals surface area contributed by atoms with Gasteiger partial charge in [0, 0.05) is 10.9 Å². The summed E-state index contributed by atoms with van der Waals surface area (Å²) in [5, 5.41) is 5.52. The molecule has 18 heavy (non-hydrogen) atoms. The summed E-state index contributed by atoms with van der Waals surface area (Å²) in [6, 6.07) is 8.11. The van der Waals surface area contributed by atoms with Crippen molar-refractivity contribution >= 4 is 17.4 Å². The number of hydrogen-bond acceptors (Lipinski definition) is 4. The maximum Gasteiger partial charge on any atom is 0.407 e. The summed E-state index contributed by atoms with van der Waals surface area (Å²) >= 11 is 1.57.